The first-order chi connectivity index (χ1) is 18.0. The molecule has 2 aliphatic heterocycles. The van der Waals surface area contributed by atoms with Crippen molar-refractivity contribution in [2.24, 2.45) is 5.73 Å². The number of phenols is 1. The molecule has 2 aromatic carbocycles. The molecule has 2 aromatic rings. The molecule has 1 fully saturated rings. The molecule has 0 bridgehead atoms. The van der Waals surface area contributed by atoms with Crippen molar-refractivity contribution in [1.82, 2.24) is 10.2 Å². The number of nitrogens with zero attached hydrogens (tertiary/aromatic N) is 1. The number of nitrogens with one attached hydrogen (secondary N) is 1. The van der Waals surface area contributed by atoms with Gasteiger partial charge < -0.3 is 25.8 Å². The SMILES string of the molecule is CC(C)(C)OC(=O)C1C(CSC(=O)c2ccccc2)=CS[C@@H]2C(NC(=O)C(N)c3cccc(O)c3)C(=O)N12. The van der Waals surface area contributed by atoms with Crippen molar-refractivity contribution in [2.75, 3.05) is 5.75 Å². The number of aromatic hydroxyl groups is 1. The Bertz CT molecular complexity index is 1280. The Kier molecular flexibility index (Phi) is 8.19. The minimum absolute atomic E-state index is 0.0269. The lowest BCUT2D eigenvalue weighted by molar-refractivity contribution is -0.170. The third-order valence-electron chi connectivity index (χ3n) is 5.89. The lowest BCUT2D eigenvalue weighted by Crippen LogP contribution is -2.74. The van der Waals surface area contributed by atoms with Crippen molar-refractivity contribution in [2.45, 2.75) is 49.9 Å². The van der Waals surface area contributed by atoms with Gasteiger partial charge in [0.15, 0.2) is 6.04 Å². The molecule has 200 valence electrons. The lowest BCUT2D eigenvalue weighted by atomic mass is 9.97. The lowest BCUT2D eigenvalue weighted by Gasteiger charge is -2.52. The van der Waals surface area contributed by atoms with Gasteiger partial charge in [-0.05, 0) is 49.4 Å². The molecule has 9 nitrogen and oxygen atoms in total. The van der Waals surface area contributed by atoms with Gasteiger partial charge in [-0.15, -0.1) is 11.8 Å². The molecule has 2 amide bonds. The molecule has 4 atom stereocenters. The van der Waals surface area contributed by atoms with Gasteiger partial charge in [-0.25, -0.2) is 4.79 Å². The van der Waals surface area contributed by atoms with Crippen LogP contribution in [0.4, 0.5) is 0 Å². The molecule has 11 heteroatoms. The fraction of sp³-hybridized carbons (Fsp3) is 0.333. The van der Waals surface area contributed by atoms with Gasteiger partial charge in [0, 0.05) is 11.3 Å². The highest BCUT2D eigenvalue weighted by atomic mass is 32.2. The van der Waals surface area contributed by atoms with E-state index in [1.807, 2.05) is 6.07 Å². The van der Waals surface area contributed by atoms with Crippen LogP contribution in [-0.2, 0) is 19.1 Å². The minimum Gasteiger partial charge on any atom is -0.508 e. The molecule has 2 aliphatic rings. The topological polar surface area (TPSA) is 139 Å². The zero-order valence-electron chi connectivity index (χ0n) is 21.1. The molecule has 3 unspecified atom stereocenters. The van der Waals surface area contributed by atoms with E-state index in [1.165, 1.54) is 28.8 Å². The van der Waals surface area contributed by atoms with Crippen LogP contribution in [-0.4, -0.2) is 61.7 Å². The average molecular weight is 556 g/mol. The summed E-state index contributed by atoms with van der Waals surface area (Å²) in [5.74, 6) is -1.46. The number of ether oxygens (including phenoxy) is 1. The van der Waals surface area contributed by atoms with E-state index in [0.717, 1.165) is 11.8 Å². The van der Waals surface area contributed by atoms with Crippen molar-refractivity contribution in [1.29, 1.82) is 0 Å². The third kappa shape index (κ3) is 6.06. The predicted octanol–water partition coefficient (Wildman–Crippen LogP) is 2.96. The van der Waals surface area contributed by atoms with Gasteiger partial charge >= 0.3 is 5.97 Å². The molecular formula is C27H29N3O6S2. The van der Waals surface area contributed by atoms with E-state index in [0.29, 0.717) is 16.7 Å². The van der Waals surface area contributed by atoms with E-state index in [9.17, 15) is 24.3 Å². The summed E-state index contributed by atoms with van der Waals surface area (Å²) in [6.07, 6.45) is 0. The number of hydrogen-bond donors (Lipinski definition) is 3. The summed E-state index contributed by atoms with van der Waals surface area (Å²) in [5.41, 5.74) is 6.78. The van der Waals surface area contributed by atoms with Gasteiger partial charge in [0.1, 0.15) is 28.8 Å². The molecule has 2 heterocycles. The summed E-state index contributed by atoms with van der Waals surface area (Å²) < 4.78 is 5.62. The zero-order chi connectivity index (χ0) is 27.6. The van der Waals surface area contributed by atoms with Crippen LogP contribution in [0.15, 0.2) is 65.6 Å². The molecule has 0 spiro atoms. The summed E-state index contributed by atoms with van der Waals surface area (Å²) in [5, 5.41) is 13.4. The van der Waals surface area contributed by atoms with Crippen molar-refractivity contribution in [3.63, 3.8) is 0 Å². The number of hydrogen-bond acceptors (Lipinski definition) is 9. The Balaban J connectivity index is 1.50. The number of nitrogens with two attached hydrogens (primary N) is 1. The van der Waals surface area contributed by atoms with E-state index >= 15 is 0 Å². The standard InChI is InChI=1S/C27H29N3O6S2/c1-27(2,3)36-25(34)21-17(14-38-26(35)15-8-5-4-6-9-15)13-37-24-20(23(33)30(21)24)29-22(32)19(28)16-10-7-11-18(31)12-16/h4-13,19-21,24,31H,14,28H2,1-3H3,(H,29,32)/t19?,20?,21?,24-/m1/s1. The summed E-state index contributed by atoms with van der Waals surface area (Å²) in [7, 11) is 0. The van der Waals surface area contributed by atoms with Crippen LogP contribution in [0.3, 0.4) is 0 Å². The van der Waals surface area contributed by atoms with Crippen LogP contribution >= 0.6 is 23.5 Å². The summed E-state index contributed by atoms with van der Waals surface area (Å²) >= 11 is 2.33. The highest BCUT2D eigenvalue weighted by Gasteiger charge is 2.56. The quantitative estimate of drug-likeness (QED) is 0.348. The molecule has 0 aromatic heterocycles. The minimum atomic E-state index is -1.09. The number of β-lactam (4-membered cyclic amide) rings is 1. The largest absolute Gasteiger partial charge is 0.508 e. The van der Waals surface area contributed by atoms with Crippen LogP contribution in [0.1, 0.15) is 42.7 Å². The predicted molar refractivity (Wildman–Crippen MR) is 146 cm³/mol. The number of esters is 1. The first-order valence-corrected chi connectivity index (χ1v) is 13.9. The second kappa shape index (κ2) is 11.2. The van der Waals surface area contributed by atoms with Gasteiger partial charge in [-0.2, -0.15) is 0 Å². The van der Waals surface area contributed by atoms with Crippen LogP contribution in [0.2, 0.25) is 0 Å². The number of carbonyl (C=O) groups excluding carboxylic acids is 4. The summed E-state index contributed by atoms with van der Waals surface area (Å²) in [6.45, 7) is 5.21. The highest BCUT2D eigenvalue weighted by molar-refractivity contribution is 8.14. The Morgan fingerprint density at radius 1 is 1.16 bits per heavy atom. The second-order valence-corrected chi connectivity index (χ2v) is 11.8. The van der Waals surface area contributed by atoms with Crippen molar-refractivity contribution in [3.8, 4) is 5.75 Å². The normalized spacial score (nSPS) is 21.5. The third-order valence-corrected chi connectivity index (χ3v) is 8.08. The van der Waals surface area contributed by atoms with Crippen molar-refractivity contribution < 1.29 is 29.0 Å². The van der Waals surface area contributed by atoms with Crippen LogP contribution < -0.4 is 11.1 Å². The molecular weight excluding hydrogens is 526 g/mol. The van der Waals surface area contributed by atoms with Gasteiger partial charge in [0.05, 0.1) is 0 Å². The van der Waals surface area contributed by atoms with E-state index in [2.05, 4.69) is 5.32 Å². The number of rotatable bonds is 7. The molecule has 0 saturated carbocycles. The van der Waals surface area contributed by atoms with Gasteiger partial charge in [-0.1, -0.05) is 54.2 Å². The first kappa shape index (κ1) is 27.7. The number of carbonyl (C=O) groups is 4. The van der Waals surface area contributed by atoms with Crippen molar-refractivity contribution >= 4 is 46.4 Å². The monoisotopic (exact) mass is 555 g/mol. The van der Waals surface area contributed by atoms with Gasteiger partial charge in [-0.3, -0.25) is 14.4 Å². The summed E-state index contributed by atoms with van der Waals surface area (Å²) in [4.78, 5) is 53.3. The van der Waals surface area contributed by atoms with Gasteiger partial charge in [0.2, 0.25) is 16.9 Å². The van der Waals surface area contributed by atoms with E-state index in [-0.39, 0.29) is 16.6 Å². The molecule has 1 saturated heterocycles. The maximum atomic E-state index is 13.2. The summed E-state index contributed by atoms with van der Waals surface area (Å²) in [6, 6.07) is 11.8. The fourth-order valence-corrected chi connectivity index (χ4v) is 6.26. The molecule has 4 N–H and O–H groups in total. The van der Waals surface area contributed by atoms with Crippen LogP contribution in [0.25, 0.3) is 0 Å². The smallest absolute Gasteiger partial charge is 0.333 e. The number of amides is 2. The van der Waals surface area contributed by atoms with E-state index in [1.54, 1.807) is 62.6 Å². The highest BCUT2D eigenvalue weighted by Crippen LogP contribution is 2.42. The van der Waals surface area contributed by atoms with Crippen LogP contribution in [0.5, 0.6) is 5.75 Å². The van der Waals surface area contributed by atoms with E-state index < -0.39 is 46.9 Å². The first-order valence-electron chi connectivity index (χ1n) is 11.9. The number of benzene rings is 2. The Labute approximate surface area is 229 Å². The van der Waals surface area contributed by atoms with E-state index in [4.69, 9.17) is 10.5 Å². The average Bonchev–Trinajstić information content (AvgIpc) is 2.88. The zero-order valence-corrected chi connectivity index (χ0v) is 22.8. The molecule has 0 aliphatic carbocycles. The fourth-order valence-electron chi connectivity index (χ4n) is 4.09. The maximum Gasteiger partial charge on any atom is 0.333 e. The maximum absolute atomic E-state index is 13.2. The van der Waals surface area contributed by atoms with Crippen molar-refractivity contribution in [3.05, 3.63) is 76.7 Å². The second-order valence-electron chi connectivity index (χ2n) is 9.90. The number of fused-ring (bicyclic) bond motifs is 1. The molecule has 0 radical (unpaired) electrons. The molecule has 38 heavy (non-hydrogen) atoms. The Morgan fingerprint density at radius 3 is 2.53 bits per heavy atom. The number of thioether (sulfide) groups is 2. The number of phenolic OH excluding ortho intramolecular Hbond substituents is 1. The van der Waals surface area contributed by atoms with Crippen LogP contribution in [0, 0.1) is 0 Å². The van der Waals surface area contributed by atoms with Gasteiger partial charge in [0.25, 0.3) is 0 Å². The Hall–Kier alpha value is -3.28. The molecule has 4 rings (SSSR count). The Morgan fingerprint density at radius 2 is 1.87 bits per heavy atom.